The first kappa shape index (κ1) is 31.3. The molecule has 5 heterocycles. The van der Waals surface area contributed by atoms with Crippen molar-refractivity contribution >= 4 is 38.1 Å². The van der Waals surface area contributed by atoms with E-state index >= 15 is 4.39 Å². The van der Waals surface area contributed by atoms with Gasteiger partial charge in [0.05, 0.1) is 48.2 Å². The van der Waals surface area contributed by atoms with Crippen molar-refractivity contribution in [1.29, 1.82) is 0 Å². The Balaban J connectivity index is 1.51. The summed E-state index contributed by atoms with van der Waals surface area (Å²) in [6, 6.07) is 11.0. The Labute approximate surface area is 277 Å². The summed E-state index contributed by atoms with van der Waals surface area (Å²) < 4.78 is 45.5. The molecule has 0 aliphatic carbocycles. The van der Waals surface area contributed by atoms with Crippen LogP contribution < -0.4 is 10.3 Å². The third-order valence-electron chi connectivity index (χ3n) is 8.51. The van der Waals surface area contributed by atoms with E-state index in [1.54, 1.807) is 24.2 Å². The fraction of sp³-hybridized carbons (Fsp3) is 0.229. The van der Waals surface area contributed by atoms with Crippen molar-refractivity contribution in [1.82, 2.24) is 29.4 Å². The largest absolute Gasteiger partial charge is 0.490 e. The van der Waals surface area contributed by atoms with Crippen LogP contribution in [0.1, 0.15) is 12.6 Å². The molecule has 1 aliphatic rings. The molecule has 48 heavy (non-hydrogen) atoms. The molecule has 0 spiro atoms. The minimum Gasteiger partial charge on any atom is -0.490 e. The molecule has 1 amide bonds. The summed E-state index contributed by atoms with van der Waals surface area (Å²) in [6.07, 6.45) is 2.91. The Hall–Kier alpha value is -5.27. The molecule has 0 bridgehead atoms. The van der Waals surface area contributed by atoms with E-state index in [1.807, 2.05) is 41.3 Å². The van der Waals surface area contributed by atoms with Gasteiger partial charge in [-0.05, 0) is 36.6 Å². The molecule has 0 saturated carbocycles. The Morgan fingerprint density at radius 2 is 1.94 bits per heavy atom. The van der Waals surface area contributed by atoms with Crippen molar-refractivity contribution in [2.75, 3.05) is 20.3 Å². The number of aryl methyl sites for hydroxylation is 1. The molecule has 1 unspecified atom stereocenters. The van der Waals surface area contributed by atoms with E-state index in [0.29, 0.717) is 62.2 Å². The molecule has 1 atom stereocenters. The zero-order valence-corrected chi connectivity index (χ0v) is 27.2. The van der Waals surface area contributed by atoms with Gasteiger partial charge in [-0.2, -0.15) is 10.2 Å². The van der Waals surface area contributed by atoms with E-state index in [9.17, 15) is 14.0 Å². The Morgan fingerprint density at radius 3 is 2.73 bits per heavy atom. The predicted molar refractivity (Wildman–Crippen MR) is 180 cm³/mol. The first-order chi connectivity index (χ1) is 23.2. The molecule has 0 radical (unpaired) electrons. The first-order valence-electron chi connectivity index (χ1n) is 15.2. The number of methoxy groups -OCH3 is 1. The number of nitrogens with zero attached hydrogens (tertiary/aromatic N) is 6. The second kappa shape index (κ2) is 12.4. The van der Waals surface area contributed by atoms with Crippen molar-refractivity contribution in [3.05, 3.63) is 94.4 Å². The number of rotatable bonds is 8. The van der Waals surface area contributed by atoms with Crippen molar-refractivity contribution in [3.8, 4) is 39.5 Å². The van der Waals surface area contributed by atoms with E-state index in [-0.39, 0.29) is 42.0 Å². The number of amides is 1. The number of carbonyl (C=O) groups is 1. The highest BCUT2D eigenvalue weighted by Gasteiger charge is 2.30. The van der Waals surface area contributed by atoms with Crippen LogP contribution in [0.25, 0.3) is 54.6 Å². The van der Waals surface area contributed by atoms with Gasteiger partial charge in [-0.15, -0.1) is 11.3 Å². The zero-order chi connectivity index (χ0) is 33.7. The van der Waals surface area contributed by atoms with Crippen LogP contribution in [-0.2, 0) is 29.7 Å². The fourth-order valence-electron chi connectivity index (χ4n) is 6.13. The minimum absolute atomic E-state index is 0.00268. The highest BCUT2D eigenvalue weighted by Crippen LogP contribution is 2.47. The lowest BCUT2D eigenvalue weighted by atomic mass is 9.96. The number of hydrogen-bond acceptors (Lipinski definition) is 8. The van der Waals surface area contributed by atoms with Crippen LogP contribution in [0.4, 0.5) is 8.78 Å². The summed E-state index contributed by atoms with van der Waals surface area (Å²) in [6.45, 7) is 6.56. The van der Waals surface area contributed by atoms with Gasteiger partial charge < -0.3 is 14.4 Å². The van der Waals surface area contributed by atoms with Crippen LogP contribution in [0.5, 0.6) is 5.75 Å². The fourth-order valence-corrected chi connectivity index (χ4v) is 7.08. The van der Waals surface area contributed by atoms with Gasteiger partial charge >= 0.3 is 0 Å². The summed E-state index contributed by atoms with van der Waals surface area (Å²) in [5.74, 6) is -1.81. The number of pyridine rings is 1. The number of ether oxygens (including phenoxy) is 2. The SMILES string of the molecule is C=CC(=O)N1Cc2cc(-c3nc(-c4ccc5cnn(C)c(=O)c5c4)c4ccsc4c3-c3c(F)cc(F)cc3OCCOC)nn2CC1C. The second-order valence-electron chi connectivity index (χ2n) is 11.5. The van der Waals surface area contributed by atoms with Gasteiger partial charge in [0.2, 0.25) is 5.91 Å². The molecule has 1 aliphatic heterocycles. The Morgan fingerprint density at radius 1 is 1.10 bits per heavy atom. The normalized spacial score (nSPS) is 14.4. The Bertz CT molecular complexity index is 2310. The molecule has 2 aromatic carbocycles. The number of fused-ring (bicyclic) bond motifs is 3. The minimum atomic E-state index is -0.824. The molecule has 7 rings (SSSR count). The van der Waals surface area contributed by atoms with E-state index < -0.39 is 11.6 Å². The van der Waals surface area contributed by atoms with Gasteiger partial charge in [0.1, 0.15) is 35.4 Å². The lowest BCUT2D eigenvalue weighted by Gasteiger charge is -2.33. The van der Waals surface area contributed by atoms with Crippen LogP contribution in [0.2, 0.25) is 0 Å². The average Bonchev–Trinajstić information content (AvgIpc) is 3.73. The molecule has 13 heteroatoms. The number of carbonyl (C=O) groups excluding carboxylic acids is 1. The first-order valence-corrected chi connectivity index (χ1v) is 16.0. The number of thiophene rings is 1. The molecule has 244 valence electrons. The van der Waals surface area contributed by atoms with E-state index in [0.717, 1.165) is 17.8 Å². The van der Waals surface area contributed by atoms with Crippen LogP contribution in [0.15, 0.2) is 71.5 Å². The van der Waals surface area contributed by atoms with Gasteiger partial charge in [-0.3, -0.25) is 14.3 Å². The topological polar surface area (TPSA) is 104 Å². The van der Waals surface area contributed by atoms with Crippen molar-refractivity contribution in [2.24, 2.45) is 7.05 Å². The van der Waals surface area contributed by atoms with Crippen LogP contribution >= 0.6 is 11.3 Å². The number of aromatic nitrogens is 5. The lowest BCUT2D eigenvalue weighted by molar-refractivity contribution is -0.129. The summed E-state index contributed by atoms with van der Waals surface area (Å²) in [5.41, 5.74) is 2.92. The maximum absolute atomic E-state index is 16.1. The van der Waals surface area contributed by atoms with E-state index in [2.05, 4.69) is 11.7 Å². The average molecular weight is 669 g/mol. The van der Waals surface area contributed by atoms with Crippen molar-refractivity contribution < 1.29 is 23.0 Å². The highest BCUT2D eigenvalue weighted by atomic mass is 32.1. The van der Waals surface area contributed by atoms with Crippen LogP contribution in [-0.4, -0.2) is 61.7 Å². The van der Waals surface area contributed by atoms with Gasteiger partial charge in [0, 0.05) is 58.9 Å². The summed E-state index contributed by atoms with van der Waals surface area (Å²) in [7, 11) is 3.10. The molecular formula is C35H30F2N6O4S. The van der Waals surface area contributed by atoms with E-state index in [4.69, 9.17) is 19.6 Å². The van der Waals surface area contributed by atoms with Gasteiger partial charge in [-0.25, -0.2) is 18.4 Å². The van der Waals surface area contributed by atoms with Crippen LogP contribution in [0.3, 0.4) is 0 Å². The van der Waals surface area contributed by atoms with Crippen LogP contribution in [0, 0.1) is 11.6 Å². The lowest BCUT2D eigenvalue weighted by Crippen LogP contribution is -2.44. The smallest absolute Gasteiger partial charge is 0.274 e. The van der Waals surface area contributed by atoms with Gasteiger partial charge in [0.25, 0.3) is 5.56 Å². The molecule has 0 fully saturated rings. The maximum Gasteiger partial charge on any atom is 0.274 e. The maximum atomic E-state index is 16.1. The Kier molecular flexibility index (Phi) is 8.09. The number of halogens is 2. The molecule has 6 aromatic rings. The van der Waals surface area contributed by atoms with Gasteiger partial charge in [-0.1, -0.05) is 18.7 Å². The second-order valence-corrected chi connectivity index (χ2v) is 12.5. The third-order valence-corrected chi connectivity index (χ3v) is 9.44. The van der Waals surface area contributed by atoms with Crippen molar-refractivity contribution in [2.45, 2.75) is 26.1 Å². The molecule has 0 N–H and O–H groups in total. The molecule has 4 aromatic heterocycles. The van der Waals surface area contributed by atoms with Gasteiger partial charge in [0.15, 0.2) is 0 Å². The zero-order valence-electron chi connectivity index (χ0n) is 26.4. The predicted octanol–water partition coefficient (Wildman–Crippen LogP) is 5.96. The molecule has 10 nitrogen and oxygen atoms in total. The number of benzene rings is 2. The summed E-state index contributed by atoms with van der Waals surface area (Å²) >= 11 is 1.37. The third kappa shape index (κ3) is 5.34. The number of hydrogen-bond donors (Lipinski definition) is 0. The standard InChI is InChI=1S/C35H30F2N6O4S/c1-5-29(44)42-18-23-15-27(40-43(23)17-19(42)2)33-31(30-26(37)13-22(36)14-28(30)47-10-9-46-4)34-24(8-11-48-34)32(39-33)20-6-7-21-16-38-41(3)35(45)25(21)12-20/h5-8,11-16,19H,1,9-10,17-18H2,2-4H3. The summed E-state index contributed by atoms with van der Waals surface area (Å²) in [4.78, 5) is 32.5. The summed E-state index contributed by atoms with van der Waals surface area (Å²) in [5, 5.41) is 12.8. The van der Waals surface area contributed by atoms with E-state index in [1.165, 1.54) is 29.2 Å². The highest BCUT2D eigenvalue weighted by molar-refractivity contribution is 7.18. The molecule has 0 saturated heterocycles. The quantitative estimate of drug-likeness (QED) is 0.146. The van der Waals surface area contributed by atoms with Crippen molar-refractivity contribution in [3.63, 3.8) is 0 Å². The monoisotopic (exact) mass is 668 g/mol. The molecular weight excluding hydrogens is 638 g/mol.